The predicted octanol–water partition coefficient (Wildman–Crippen LogP) is 2.41. The van der Waals surface area contributed by atoms with Gasteiger partial charge in [0.2, 0.25) is 5.91 Å². The molecule has 5 nitrogen and oxygen atoms in total. The van der Waals surface area contributed by atoms with E-state index in [0.29, 0.717) is 37.4 Å². The number of carbonyl (C=O) groups is 1. The van der Waals surface area contributed by atoms with Gasteiger partial charge in [0.05, 0.1) is 5.56 Å². The van der Waals surface area contributed by atoms with Crippen molar-refractivity contribution in [2.75, 3.05) is 6.54 Å². The quantitative estimate of drug-likeness (QED) is 0.862. The first kappa shape index (κ1) is 17.0. The average Bonchev–Trinajstić information content (AvgIpc) is 3.12. The van der Waals surface area contributed by atoms with Crippen molar-refractivity contribution < 1.29 is 18.0 Å². The van der Waals surface area contributed by atoms with Crippen LogP contribution in [0.15, 0.2) is 17.6 Å². The Hall–Kier alpha value is -1.87. The largest absolute Gasteiger partial charge is 0.434 e. The zero-order valence-corrected chi connectivity index (χ0v) is 13.6. The smallest absolute Gasteiger partial charge is 0.366 e. The number of hydrogen-bond donors (Lipinski definition) is 2. The Bertz CT molecular complexity index is 737. The molecule has 1 atom stereocenters. The van der Waals surface area contributed by atoms with Gasteiger partial charge in [-0.3, -0.25) is 4.79 Å². The fourth-order valence-electron chi connectivity index (χ4n) is 2.82. The fraction of sp³-hybridized carbons (Fsp3) is 0.467. The van der Waals surface area contributed by atoms with Crippen LogP contribution in [0.2, 0.25) is 0 Å². The number of halogens is 3. The van der Waals surface area contributed by atoms with E-state index in [4.69, 9.17) is 5.73 Å². The van der Waals surface area contributed by atoms with E-state index in [2.05, 4.69) is 10.3 Å². The molecule has 3 heterocycles. The van der Waals surface area contributed by atoms with Gasteiger partial charge in [0.25, 0.3) is 0 Å². The standard InChI is InChI=1S/C15H17F3N4OS/c16-15(17,18)12-7-22-6-9(1-2-13(22)21-12)4-20-5-11-3-10(8-24-11)14(19)23/h3,7-9,20H,1-2,4-6H2,(H2,19,23)/t9-/m1/s1. The second-order valence-electron chi connectivity index (χ2n) is 5.89. The number of amides is 1. The number of alkyl halides is 3. The molecule has 130 valence electrons. The summed E-state index contributed by atoms with van der Waals surface area (Å²) in [5.41, 5.74) is 4.89. The number of rotatable bonds is 5. The highest BCUT2D eigenvalue weighted by Gasteiger charge is 2.35. The van der Waals surface area contributed by atoms with Crippen molar-refractivity contribution in [2.45, 2.75) is 32.1 Å². The molecule has 0 unspecified atom stereocenters. The Balaban J connectivity index is 1.52. The van der Waals surface area contributed by atoms with Crippen LogP contribution in [-0.4, -0.2) is 22.0 Å². The molecular weight excluding hydrogens is 341 g/mol. The predicted molar refractivity (Wildman–Crippen MR) is 83.6 cm³/mol. The highest BCUT2D eigenvalue weighted by atomic mass is 32.1. The lowest BCUT2D eigenvalue weighted by Crippen LogP contribution is -2.29. The van der Waals surface area contributed by atoms with E-state index in [1.165, 1.54) is 11.3 Å². The van der Waals surface area contributed by atoms with Crippen LogP contribution in [0.5, 0.6) is 0 Å². The first-order valence-electron chi connectivity index (χ1n) is 7.54. The van der Waals surface area contributed by atoms with Gasteiger partial charge in [0.1, 0.15) is 5.82 Å². The summed E-state index contributed by atoms with van der Waals surface area (Å²) in [4.78, 5) is 15.7. The van der Waals surface area contributed by atoms with Crippen LogP contribution in [0.1, 0.15) is 33.2 Å². The van der Waals surface area contributed by atoms with Crippen molar-refractivity contribution in [3.8, 4) is 0 Å². The summed E-state index contributed by atoms with van der Waals surface area (Å²) in [6.07, 6.45) is -1.94. The molecule has 0 saturated heterocycles. The van der Waals surface area contributed by atoms with E-state index in [0.717, 1.165) is 17.5 Å². The Kier molecular flexibility index (Phi) is 4.64. The van der Waals surface area contributed by atoms with Gasteiger partial charge in [-0.05, 0) is 18.4 Å². The average molecular weight is 358 g/mol. The number of imidazole rings is 1. The van der Waals surface area contributed by atoms with E-state index < -0.39 is 17.8 Å². The highest BCUT2D eigenvalue weighted by Crippen LogP contribution is 2.30. The Morgan fingerprint density at radius 2 is 2.29 bits per heavy atom. The van der Waals surface area contributed by atoms with Crippen LogP contribution >= 0.6 is 11.3 Å². The number of primary amides is 1. The van der Waals surface area contributed by atoms with Gasteiger partial charge in [-0.25, -0.2) is 4.98 Å². The van der Waals surface area contributed by atoms with Gasteiger partial charge >= 0.3 is 6.18 Å². The van der Waals surface area contributed by atoms with Crippen molar-refractivity contribution in [2.24, 2.45) is 11.7 Å². The third kappa shape index (κ3) is 3.78. The lowest BCUT2D eigenvalue weighted by molar-refractivity contribution is -0.141. The number of aryl methyl sites for hydroxylation is 1. The molecule has 0 spiro atoms. The van der Waals surface area contributed by atoms with Gasteiger partial charge in [-0.1, -0.05) is 0 Å². The van der Waals surface area contributed by atoms with E-state index >= 15 is 0 Å². The van der Waals surface area contributed by atoms with Crippen molar-refractivity contribution >= 4 is 17.2 Å². The van der Waals surface area contributed by atoms with Gasteiger partial charge in [0, 0.05) is 42.5 Å². The lowest BCUT2D eigenvalue weighted by Gasteiger charge is -2.23. The number of aromatic nitrogens is 2. The molecule has 3 rings (SSSR count). The SMILES string of the molecule is NC(=O)c1csc(CNC[C@H]2CCc3nc(C(F)(F)F)cn3C2)c1. The lowest BCUT2D eigenvalue weighted by atomic mass is 9.99. The molecule has 0 fully saturated rings. The molecule has 0 aliphatic carbocycles. The van der Waals surface area contributed by atoms with Crippen LogP contribution in [0.3, 0.4) is 0 Å². The molecular formula is C15H17F3N4OS. The summed E-state index contributed by atoms with van der Waals surface area (Å²) in [5.74, 6) is 0.309. The number of nitrogens with zero attached hydrogens (tertiary/aromatic N) is 2. The minimum Gasteiger partial charge on any atom is -0.366 e. The van der Waals surface area contributed by atoms with Crippen LogP contribution < -0.4 is 11.1 Å². The minimum atomic E-state index is -4.39. The number of thiophene rings is 1. The highest BCUT2D eigenvalue weighted by molar-refractivity contribution is 7.10. The second kappa shape index (κ2) is 6.56. The summed E-state index contributed by atoms with van der Waals surface area (Å²) >= 11 is 1.46. The minimum absolute atomic E-state index is 0.253. The maximum absolute atomic E-state index is 12.7. The molecule has 2 aromatic heterocycles. The van der Waals surface area contributed by atoms with E-state index in [9.17, 15) is 18.0 Å². The molecule has 2 aromatic rings. The summed E-state index contributed by atoms with van der Waals surface area (Å²) in [6, 6.07) is 1.75. The zero-order chi connectivity index (χ0) is 17.3. The van der Waals surface area contributed by atoms with Gasteiger partial charge < -0.3 is 15.6 Å². The molecule has 1 aliphatic heterocycles. The first-order chi connectivity index (χ1) is 11.3. The zero-order valence-electron chi connectivity index (χ0n) is 12.8. The number of fused-ring (bicyclic) bond motifs is 1. The Labute approximate surface area is 140 Å². The molecule has 1 aliphatic rings. The van der Waals surface area contributed by atoms with Crippen LogP contribution in [0.4, 0.5) is 13.2 Å². The topological polar surface area (TPSA) is 72.9 Å². The summed E-state index contributed by atoms with van der Waals surface area (Å²) in [6.45, 7) is 1.84. The van der Waals surface area contributed by atoms with Gasteiger partial charge in [-0.15, -0.1) is 11.3 Å². The van der Waals surface area contributed by atoms with E-state index in [1.807, 2.05) is 0 Å². The first-order valence-corrected chi connectivity index (χ1v) is 8.42. The molecule has 9 heteroatoms. The van der Waals surface area contributed by atoms with Crippen molar-refractivity contribution in [1.29, 1.82) is 0 Å². The van der Waals surface area contributed by atoms with Crippen molar-refractivity contribution in [1.82, 2.24) is 14.9 Å². The number of carbonyl (C=O) groups excluding carboxylic acids is 1. The monoisotopic (exact) mass is 358 g/mol. The van der Waals surface area contributed by atoms with Crippen LogP contribution in [0, 0.1) is 5.92 Å². The Morgan fingerprint density at radius 3 is 2.96 bits per heavy atom. The number of nitrogens with two attached hydrogens (primary N) is 1. The van der Waals surface area contributed by atoms with Gasteiger partial charge in [0.15, 0.2) is 5.69 Å². The molecule has 1 amide bonds. The molecule has 3 N–H and O–H groups in total. The number of nitrogens with one attached hydrogen (secondary N) is 1. The molecule has 0 radical (unpaired) electrons. The summed E-state index contributed by atoms with van der Waals surface area (Å²) in [5, 5.41) is 5.01. The van der Waals surface area contributed by atoms with E-state index in [1.54, 1.807) is 16.0 Å². The van der Waals surface area contributed by atoms with Crippen LogP contribution in [-0.2, 0) is 25.7 Å². The van der Waals surface area contributed by atoms with Crippen LogP contribution in [0.25, 0.3) is 0 Å². The van der Waals surface area contributed by atoms with E-state index in [-0.39, 0.29) is 5.92 Å². The summed E-state index contributed by atoms with van der Waals surface area (Å²) in [7, 11) is 0. The molecule has 24 heavy (non-hydrogen) atoms. The Morgan fingerprint density at radius 1 is 1.50 bits per heavy atom. The third-order valence-electron chi connectivity index (χ3n) is 4.05. The second-order valence-corrected chi connectivity index (χ2v) is 6.89. The summed E-state index contributed by atoms with van der Waals surface area (Å²) < 4.78 is 39.7. The maximum atomic E-state index is 12.7. The molecule has 0 aromatic carbocycles. The normalized spacial score (nSPS) is 17.7. The maximum Gasteiger partial charge on any atom is 0.434 e. The van der Waals surface area contributed by atoms with Crippen molar-refractivity contribution in [3.05, 3.63) is 39.6 Å². The fourth-order valence-corrected chi connectivity index (χ4v) is 3.66. The third-order valence-corrected chi connectivity index (χ3v) is 4.99. The molecule has 0 bridgehead atoms. The van der Waals surface area contributed by atoms with Crippen molar-refractivity contribution in [3.63, 3.8) is 0 Å². The molecule has 0 saturated carbocycles. The number of hydrogen-bond acceptors (Lipinski definition) is 4. The van der Waals surface area contributed by atoms with Gasteiger partial charge in [-0.2, -0.15) is 13.2 Å².